The Balaban J connectivity index is 1.43. The lowest BCUT2D eigenvalue weighted by atomic mass is 10.0. The van der Waals surface area contributed by atoms with Gasteiger partial charge in [0.1, 0.15) is 12.1 Å². The van der Waals surface area contributed by atoms with Crippen LogP contribution in [0.3, 0.4) is 0 Å². The van der Waals surface area contributed by atoms with E-state index in [4.69, 9.17) is 0 Å². The Morgan fingerprint density at radius 3 is 2.58 bits per heavy atom. The van der Waals surface area contributed by atoms with Crippen LogP contribution in [-0.2, 0) is 0 Å². The van der Waals surface area contributed by atoms with Crippen LogP contribution in [0.25, 0.3) is 0 Å². The second kappa shape index (κ2) is 5.89. The van der Waals surface area contributed by atoms with Crippen LogP contribution in [0.15, 0.2) is 24.8 Å². The van der Waals surface area contributed by atoms with Crippen molar-refractivity contribution in [3.05, 3.63) is 36.0 Å². The molecule has 2 aromatic rings. The summed E-state index contributed by atoms with van der Waals surface area (Å²) >= 11 is 0. The van der Waals surface area contributed by atoms with Crippen LogP contribution in [0.4, 0.5) is 5.82 Å². The highest BCUT2D eigenvalue weighted by molar-refractivity contribution is 5.93. The van der Waals surface area contributed by atoms with Crippen LogP contribution in [-0.4, -0.2) is 57.2 Å². The van der Waals surface area contributed by atoms with E-state index in [-0.39, 0.29) is 5.91 Å². The average Bonchev–Trinajstić information content (AvgIpc) is 3.30. The predicted octanol–water partition coefficient (Wildman–Crippen LogP) is 1.53. The molecular weight excluding hydrogens is 304 g/mol. The van der Waals surface area contributed by atoms with Crippen LogP contribution in [0.2, 0.25) is 0 Å². The Kier molecular flexibility index (Phi) is 3.70. The molecule has 0 aliphatic carbocycles. The number of likely N-dealkylation sites (tertiary alicyclic amines) is 1. The van der Waals surface area contributed by atoms with Crippen LogP contribution < -0.4 is 4.90 Å². The fourth-order valence-electron chi connectivity index (χ4n) is 3.75. The second-order valence-electron chi connectivity index (χ2n) is 7.08. The number of aromatic amines is 1. The fraction of sp³-hybridized carbons (Fsp3) is 0.529. The van der Waals surface area contributed by atoms with Gasteiger partial charge in [-0.2, -0.15) is 5.10 Å². The summed E-state index contributed by atoms with van der Waals surface area (Å²) in [5.74, 6) is 2.51. The molecule has 7 heteroatoms. The topological polar surface area (TPSA) is 78.0 Å². The van der Waals surface area contributed by atoms with E-state index >= 15 is 0 Å². The van der Waals surface area contributed by atoms with Gasteiger partial charge in [0.15, 0.2) is 0 Å². The van der Waals surface area contributed by atoms with Gasteiger partial charge in [-0.1, -0.05) is 13.8 Å². The molecule has 0 bridgehead atoms. The average molecular weight is 326 g/mol. The number of hydrogen-bond acceptors (Lipinski definition) is 5. The number of H-pyrrole nitrogens is 1. The van der Waals surface area contributed by atoms with Gasteiger partial charge in [0.05, 0.1) is 11.8 Å². The smallest absolute Gasteiger partial charge is 0.257 e. The summed E-state index contributed by atoms with van der Waals surface area (Å²) < 4.78 is 0. The molecule has 4 heterocycles. The molecule has 0 radical (unpaired) electrons. The number of carbonyl (C=O) groups excluding carboxylic acids is 1. The normalized spacial score (nSPS) is 23.1. The van der Waals surface area contributed by atoms with Crippen LogP contribution >= 0.6 is 0 Å². The van der Waals surface area contributed by atoms with Gasteiger partial charge in [-0.05, 0) is 5.92 Å². The first kappa shape index (κ1) is 15.1. The molecule has 2 aliphatic heterocycles. The third-order valence-corrected chi connectivity index (χ3v) is 5.11. The standard InChI is InChI=1S/C17H22N6O/c1-11(2)15-3-16(19-10-18-15)22-6-13-8-23(9-14(13)7-22)17(24)12-4-20-21-5-12/h3-5,10-11,13-14H,6-9H2,1-2H3,(H,20,21). The van der Waals surface area contributed by atoms with Gasteiger partial charge in [-0.15, -0.1) is 0 Å². The molecule has 2 aliphatic rings. The van der Waals surface area contributed by atoms with Crippen molar-refractivity contribution in [3.8, 4) is 0 Å². The third kappa shape index (κ3) is 2.64. The van der Waals surface area contributed by atoms with Crippen molar-refractivity contribution in [1.82, 2.24) is 25.1 Å². The Hall–Kier alpha value is -2.44. The number of carbonyl (C=O) groups is 1. The molecule has 2 fully saturated rings. The summed E-state index contributed by atoms with van der Waals surface area (Å²) in [5.41, 5.74) is 1.72. The van der Waals surface area contributed by atoms with E-state index < -0.39 is 0 Å². The molecule has 0 aromatic carbocycles. The fourth-order valence-corrected chi connectivity index (χ4v) is 3.75. The summed E-state index contributed by atoms with van der Waals surface area (Å²) in [5, 5.41) is 6.57. The molecule has 126 valence electrons. The van der Waals surface area contributed by atoms with Crippen molar-refractivity contribution in [3.63, 3.8) is 0 Å². The van der Waals surface area contributed by atoms with Gasteiger partial charge in [-0.25, -0.2) is 9.97 Å². The minimum absolute atomic E-state index is 0.0776. The van der Waals surface area contributed by atoms with Crippen LogP contribution in [0.5, 0.6) is 0 Å². The van der Waals surface area contributed by atoms with Gasteiger partial charge in [0.2, 0.25) is 0 Å². The maximum Gasteiger partial charge on any atom is 0.257 e. The van der Waals surface area contributed by atoms with Crippen LogP contribution in [0.1, 0.15) is 35.8 Å². The van der Waals surface area contributed by atoms with E-state index in [0.717, 1.165) is 37.7 Å². The lowest BCUT2D eigenvalue weighted by Gasteiger charge is -2.22. The molecule has 1 amide bonds. The Morgan fingerprint density at radius 2 is 1.96 bits per heavy atom. The first-order chi connectivity index (χ1) is 11.6. The summed E-state index contributed by atoms with van der Waals surface area (Å²) in [6.45, 7) is 7.82. The Labute approximate surface area is 141 Å². The quantitative estimate of drug-likeness (QED) is 0.925. The number of rotatable bonds is 3. The summed E-state index contributed by atoms with van der Waals surface area (Å²) in [7, 11) is 0. The monoisotopic (exact) mass is 326 g/mol. The van der Waals surface area contributed by atoms with Crippen molar-refractivity contribution in [2.24, 2.45) is 11.8 Å². The first-order valence-corrected chi connectivity index (χ1v) is 8.46. The highest BCUT2D eigenvalue weighted by Gasteiger charge is 2.42. The van der Waals surface area contributed by atoms with Crippen molar-refractivity contribution in [1.29, 1.82) is 0 Å². The molecule has 1 N–H and O–H groups in total. The summed E-state index contributed by atoms with van der Waals surface area (Å²) in [4.78, 5) is 25.5. The number of nitrogens with one attached hydrogen (secondary N) is 1. The molecular formula is C17H22N6O. The molecule has 2 aromatic heterocycles. The van der Waals surface area contributed by atoms with Gasteiger partial charge in [0, 0.05) is 56.0 Å². The zero-order chi connectivity index (χ0) is 16.7. The number of fused-ring (bicyclic) bond motifs is 1. The van der Waals surface area contributed by atoms with Crippen molar-refractivity contribution < 1.29 is 4.79 Å². The second-order valence-corrected chi connectivity index (χ2v) is 7.08. The molecule has 2 atom stereocenters. The number of aromatic nitrogens is 4. The van der Waals surface area contributed by atoms with E-state index in [1.54, 1.807) is 18.7 Å². The van der Waals surface area contributed by atoms with Gasteiger partial charge >= 0.3 is 0 Å². The van der Waals surface area contributed by atoms with Gasteiger partial charge in [-0.3, -0.25) is 9.89 Å². The molecule has 4 rings (SSSR count). The van der Waals surface area contributed by atoms with Gasteiger partial charge < -0.3 is 9.80 Å². The number of hydrogen-bond donors (Lipinski definition) is 1. The number of amides is 1. The third-order valence-electron chi connectivity index (χ3n) is 5.11. The summed E-state index contributed by atoms with van der Waals surface area (Å²) in [6.07, 6.45) is 4.92. The maximum atomic E-state index is 12.4. The Morgan fingerprint density at radius 1 is 1.21 bits per heavy atom. The highest BCUT2D eigenvalue weighted by atomic mass is 16.2. The largest absolute Gasteiger partial charge is 0.356 e. The number of anilines is 1. The van der Waals surface area contributed by atoms with Crippen molar-refractivity contribution >= 4 is 11.7 Å². The molecule has 24 heavy (non-hydrogen) atoms. The van der Waals surface area contributed by atoms with E-state index in [1.807, 2.05) is 4.90 Å². The lowest BCUT2D eigenvalue weighted by molar-refractivity contribution is 0.0782. The molecule has 2 saturated heterocycles. The van der Waals surface area contributed by atoms with E-state index in [2.05, 4.69) is 45.0 Å². The molecule has 2 unspecified atom stereocenters. The molecule has 0 spiro atoms. The maximum absolute atomic E-state index is 12.4. The first-order valence-electron chi connectivity index (χ1n) is 8.46. The molecule has 7 nitrogen and oxygen atoms in total. The zero-order valence-corrected chi connectivity index (χ0v) is 14.0. The SMILES string of the molecule is CC(C)c1cc(N2CC3CN(C(=O)c4cn[nH]c4)CC3C2)ncn1. The van der Waals surface area contributed by atoms with Crippen LogP contribution in [0, 0.1) is 11.8 Å². The number of nitrogens with zero attached hydrogens (tertiary/aromatic N) is 5. The minimum Gasteiger partial charge on any atom is -0.356 e. The van der Waals surface area contributed by atoms with E-state index in [0.29, 0.717) is 23.3 Å². The predicted molar refractivity (Wildman–Crippen MR) is 89.8 cm³/mol. The zero-order valence-electron chi connectivity index (χ0n) is 14.0. The van der Waals surface area contributed by atoms with E-state index in [1.165, 1.54) is 0 Å². The van der Waals surface area contributed by atoms with E-state index in [9.17, 15) is 4.79 Å². The van der Waals surface area contributed by atoms with Crippen molar-refractivity contribution in [2.75, 3.05) is 31.1 Å². The highest BCUT2D eigenvalue weighted by Crippen LogP contribution is 2.34. The van der Waals surface area contributed by atoms with Gasteiger partial charge in [0.25, 0.3) is 5.91 Å². The minimum atomic E-state index is 0.0776. The lowest BCUT2D eigenvalue weighted by Crippen LogP contribution is -2.33. The Bertz CT molecular complexity index is 714. The molecule has 0 saturated carbocycles. The summed E-state index contributed by atoms with van der Waals surface area (Å²) in [6, 6.07) is 2.10. The van der Waals surface area contributed by atoms with Crippen molar-refractivity contribution in [2.45, 2.75) is 19.8 Å².